The lowest BCUT2D eigenvalue weighted by atomic mass is 10.0. The van der Waals surface area contributed by atoms with Crippen LogP contribution in [0.1, 0.15) is 20.3 Å². The number of nitrogens with one attached hydrogen (secondary N) is 1. The lowest BCUT2D eigenvalue weighted by Crippen LogP contribution is -2.35. The molecule has 1 amide bonds. The van der Waals surface area contributed by atoms with Gasteiger partial charge in [-0.25, -0.2) is 0 Å². The Kier molecular flexibility index (Phi) is 3.43. The van der Waals surface area contributed by atoms with Crippen LogP contribution in [-0.4, -0.2) is 21.6 Å². The Labute approximate surface area is 94.2 Å². The van der Waals surface area contributed by atoms with Crippen LogP contribution >= 0.6 is 27.3 Å². The van der Waals surface area contributed by atoms with E-state index in [0.29, 0.717) is 9.05 Å². The number of hydrogen-bond donors (Lipinski definition) is 2. The maximum atomic E-state index is 10.8. The summed E-state index contributed by atoms with van der Waals surface area (Å²) in [6.45, 7) is 3.76. The second-order valence-electron chi connectivity index (χ2n) is 3.51. The van der Waals surface area contributed by atoms with Gasteiger partial charge in [0, 0.05) is 12.0 Å². The third-order valence-corrected chi connectivity index (χ3v) is 2.73. The van der Waals surface area contributed by atoms with Crippen molar-refractivity contribution in [2.75, 3.05) is 5.32 Å². The smallest absolute Gasteiger partial charge is 0.219 e. The highest BCUT2D eigenvalue weighted by molar-refractivity contribution is 9.11. The second-order valence-corrected chi connectivity index (χ2v) is 5.77. The maximum Gasteiger partial charge on any atom is 0.219 e. The minimum Gasteiger partial charge on any atom is -0.370 e. The molecule has 0 aliphatic carbocycles. The molecular formula is C7H11BrN4OS. The van der Waals surface area contributed by atoms with Crippen LogP contribution in [0.4, 0.5) is 5.13 Å². The SMILES string of the molecule is CC(C)(CC(N)=O)Nc1nnc(Br)s1. The number of carbonyl (C=O) groups is 1. The molecule has 1 heterocycles. The van der Waals surface area contributed by atoms with Gasteiger partial charge in [-0.3, -0.25) is 4.79 Å². The molecule has 78 valence electrons. The summed E-state index contributed by atoms with van der Waals surface area (Å²) in [6, 6.07) is 0. The molecule has 1 aromatic heterocycles. The van der Waals surface area contributed by atoms with Gasteiger partial charge in [-0.15, -0.1) is 10.2 Å². The van der Waals surface area contributed by atoms with E-state index in [1.165, 1.54) is 11.3 Å². The molecule has 5 nitrogen and oxygen atoms in total. The van der Waals surface area contributed by atoms with E-state index in [9.17, 15) is 4.79 Å². The molecule has 0 aromatic carbocycles. The third kappa shape index (κ3) is 3.59. The molecule has 7 heteroatoms. The number of nitrogens with zero attached hydrogens (tertiary/aromatic N) is 2. The lowest BCUT2D eigenvalue weighted by Gasteiger charge is -2.23. The van der Waals surface area contributed by atoms with E-state index in [1.807, 2.05) is 13.8 Å². The van der Waals surface area contributed by atoms with Gasteiger partial charge in [-0.1, -0.05) is 11.3 Å². The monoisotopic (exact) mass is 278 g/mol. The first-order valence-electron chi connectivity index (χ1n) is 3.94. The molecule has 14 heavy (non-hydrogen) atoms. The van der Waals surface area contributed by atoms with Crippen LogP contribution in [0.5, 0.6) is 0 Å². The predicted molar refractivity (Wildman–Crippen MR) is 59.1 cm³/mol. The van der Waals surface area contributed by atoms with Crippen molar-refractivity contribution in [3.63, 3.8) is 0 Å². The van der Waals surface area contributed by atoms with E-state index in [1.54, 1.807) is 0 Å². The highest BCUT2D eigenvalue weighted by atomic mass is 79.9. The molecular weight excluding hydrogens is 268 g/mol. The standard InChI is InChI=1S/C7H11BrN4OS/c1-7(2,3-4(9)13)10-6-12-11-5(8)14-6/h3H2,1-2H3,(H2,9,13)(H,10,12). The zero-order valence-corrected chi connectivity index (χ0v) is 10.3. The minimum atomic E-state index is -0.398. The lowest BCUT2D eigenvalue weighted by molar-refractivity contribution is -0.118. The summed E-state index contributed by atoms with van der Waals surface area (Å²) >= 11 is 4.58. The summed E-state index contributed by atoms with van der Waals surface area (Å²) in [5, 5.41) is 11.4. The first kappa shape index (κ1) is 11.4. The molecule has 0 radical (unpaired) electrons. The van der Waals surface area contributed by atoms with Gasteiger partial charge in [0.1, 0.15) is 0 Å². The van der Waals surface area contributed by atoms with Crippen LogP contribution in [0.2, 0.25) is 0 Å². The molecule has 0 unspecified atom stereocenters. The van der Waals surface area contributed by atoms with E-state index in [-0.39, 0.29) is 12.3 Å². The van der Waals surface area contributed by atoms with Crippen LogP contribution in [0.15, 0.2) is 3.92 Å². The highest BCUT2D eigenvalue weighted by Gasteiger charge is 2.21. The van der Waals surface area contributed by atoms with E-state index >= 15 is 0 Å². The van der Waals surface area contributed by atoms with Crippen molar-refractivity contribution in [2.45, 2.75) is 25.8 Å². The Balaban J connectivity index is 2.63. The largest absolute Gasteiger partial charge is 0.370 e. The first-order valence-corrected chi connectivity index (χ1v) is 5.55. The van der Waals surface area contributed by atoms with Crippen LogP contribution in [0.25, 0.3) is 0 Å². The zero-order chi connectivity index (χ0) is 10.8. The minimum absolute atomic E-state index is 0.254. The number of nitrogens with two attached hydrogens (primary N) is 1. The third-order valence-electron chi connectivity index (χ3n) is 1.46. The summed E-state index contributed by atoms with van der Waals surface area (Å²) in [7, 11) is 0. The molecule has 1 aromatic rings. The van der Waals surface area contributed by atoms with E-state index in [4.69, 9.17) is 5.73 Å². The van der Waals surface area contributed by atoms with Gasteiger partial charge < -0.3 is 11.1 Å². The molecule has 0 saturated heterocycles. The van der Waals surface area contributed by atoms with Crippen LogP contribution < -0.4 is 11.1 Å². The maximum absolute atomic E-state index is 10.8. The quantitative estimate of drug-likeness (QED) is 0.872. The van der Waals surface area contributed by atoms with Crippen molar-refractivity contribution in [1.29, 1.82) is 0 Å². The number of primary amides is 1. The predicted octanol–water partition coefficient (Wildman–Crippen LogP) is 1.37. The Hall–Kier alpha value is -0.690. The zero-order valence-electron chi connectivity index (χ0n) is 7.87. The second kappa shape index (κ2) is 4.22. The molecule has 0 bridgehead atoms. The highest BCUT2D eigenvalue weighted by Crippen LogP contribution is 2.24. The molecule has 0 atom stereocenters. The summed E-state index contributed by atoms with van der Waals surface area (Å²) in [5.41, 5.74) is 4.72. The molecule has 0 saturated carbocycles. The molecule has 0 fully saturated rings. The van der Waals surface area contributed by atoms with Crippen molar-refractivity contribution in [1.82, 2.24) is 10.2 Å². The number of rotatable bonds is 4. The molecule has 0 aliphatic heterocycles. The number of halogens is 1. The average Bonchev–Trinajstić information content (AvgIpc) is 2.30. The fourth-order valence-corrected chi connectivity index (χ4v) is 2.21. The van der Waals surface area contributed by atoms with Crippen LogP contribution in [0, 0.1) is 0 Å². The number of hydrogen-bond acceptors (Lipinski definition) is 5. The number of carbonyl (C=O) groups excluding carboxylic acids is 1. The summed E-state index contributed by atoms with van der Waals surface area (Å²) in [5.74, 6) is -0.342. The van der Waals surface area contributed by atoms with Gasteiger partial charge in [-0.05, 0) is 29.8 Å². The Morgan fingerprint density at radius 1 is 1.64 bits per heavy atom. The van der Waals surface area contributed by atoms with Gasteiger partial charge in [0.25, 0.3) is 0 Å². The molecule has 0 spiro atoms. The Morgan fingerprint density at radius 3 is 2.71 bits per heavy atom. The van der Waals surface area contributed by atoms with Crippen molar-refractivity contribution < 1.29 is 4.79 Å². The van der Waals surface area contributed by atoms with Gasteiger partial charge in [-0.2, -0.15) is 0 Å². The van der Waals surface area contributed by atoms with Crippen LogP contribution in [-0.2, 0) is 4.79 Å². The van der Waals surface area contributed by atoms with Gasteiger partial charge in [0.05, 0.1) is 0 Å². The number of anilines is 1. The van der Waals surface area contributed by atoms with Gasteiger partial charge in [0.15, 0.2) is 3.92 Å². The summed E-state index contributed by atoms with van der Waals surface area (Å²) in [6.07, 6.45) is 0.254. The van der Waals surface area contributed by atoms with Crippen molar-refractivity contribution >= 4 is 38.3 Å². The van der Waals surface area contributed by atoms with E-state index < -0.39 is 5.54 Å². The summed E-state index contributed by atoms with van der Waals surface area (Å²) in [4.78, 5) is 10.8. The van der Waals surface area contributed by atoms with Crippen molar-refractivity contribution in [3.05, 3.63) is 3.92 Å². The topological polar surface area (TPSA) is 80.9 Å². The molecule has 1 rings (SSSR count). The molecule has 0 aliphatic rings. The van der Waals surface area contributed by atoms with Crippen molar-refractivity contribution in [2.24, 2.45) is 5.73 Å². The normalized spacial score (nSPS) is 11.4. The number of aromatic nitrogens is 2. The van der Waals surface area contributed by atoms with E-state index in [0.717, 1.165) is 0 Å². The Morgan fingerprint density at radius 2 is 2.29 bits per heavy atom. The fraction of sp³-hybridized carbons (Fsp3) is 0.571. The first-order chi connectivity index (χ1) is 6.39. The van der Waals surface area contributed by atoms with Gasteiger partial charge >= 0.3 is 0 Å². The number of amides is 1. The average molecular weight is 279 g/mol. The molecule has 3 N–H and O–H groups in total. The van der Waals surface area contributed by atoms with Gasteiger partial charge in [0.2, 0.25) is 11.0 Å². The summed E-state index contributed by atoms with van der Waals surface area (Å²) < 4.78 is 0.704. The Bertz CT molecular complexity index is 338. The fourth-order valence-electron chi connectivity index (χ4n) is 1.03. The van der Waals surface area contributed by atoms with Crippen LogP contribution in [0.3, 0.4) is 0 Å². The van der Waals surface area contributed by atoms with Crippen molar-refractivity contribution in [3.8, 4) is 0 Å². The van der Waals surface area contributed by atoms with E-state index in [2.05, 4.69) is 31.4 Å².